The number of hydrogen-bond acceptors (Lipinski definition) is 4. The number of hydrazine groups is 1. The predicted octanol–water partition coefficient (Wildman–Crippen LogP) is 3.83. The fourth-order valence-corrected chi connectivity index (χ4v) is 2.19. The lowest BCUT2D eigenvalue weighted by Gasteiger charge is -2.11. The molecule has 0 atom stereocenters. The van der Waals surface area contributed by atoms with Crippen molar-refractivity contribution in [3.8, 4) is 11.5 Å². The molecule has 150 valence electrons. The monoisotopic (exact) mass is 384 g/mol. The summed E-state index contributed by atoms with van der Waals surface area (Å²) in [4.78, 5) is 24.3. The Bertz CT molecular complexity index is 701. The van der Waals surface area contributed by atoms with Crippen LogP contribution in [0.4, 0.5) is 0 Å². The minimum Gasteiger partial charge on any atom is -0.493 e. The summed E-state index contributed by atoms with van der Waals surface area (Å²) >= 11 is 0. The highest BCUT2D eigenvalue weighted by atomic mass is 16.5. The van der Waals surface area contributed by atoms with Crippen LogP contribution in [0.25, 0.3) is 0 Å². The van der Waals surface area contributed by atoms with E-state index < -0.39 is 11.8 Å². The molecule has 2 aromatic carbocycles. The fourth-order valence-electron chi connectivity index (χ4n) is 2.19. The van der Waals surface area contributed by atoms with Gasteiger partial charge >= 0.3 is 0 Å². The standard InChI is InChI=1S/C22H28N2O4/c1-15(2)13-27-19-9-5-17(6-10-19)21(25)23-24-22(26)18-7-11-20(12-8-18)28-14-16(3)4/h5-12,15-16H,13-14H2,1-4H3,(H,23,25)(H,24,26). The second-order valence-electron chi connectivity index (χ2n) is 7.37. The van der Waals surface area contributed by atoms with E-state index in [0.29, 0.717) is 47.7 Å². The molecule has 0 heterocycles. The Labute approximate surface area is 166 Å². The molecule has 0 saturated heterocycles. The second-order valence-corrected chi connectivity index (χ2v) is 7.37. The van der Waals surface area contributed by atoms with Crippen molar-refractivity contribution >= 4 is 11.8 Å². The van der Waals surface area contributed by atoms with Crippen LogP contribution in [-0.4, -0.2) is 25.0 Å². The summed E-state index contributed by atoms with van der Waals surface area (Å²) in [6.07, 6.45) is 0. The number of ether oxygens (including phenoxy) is 2. The zero-order valence-electron chi connectivity index (χ0n) is 16.8. The van der Waals surface area contributed by atoms with Crippen LogP contribution < -0.4 is 20.3 Å². The number of rotatable bonds is 8. The molecule has 0 aliphatic rings. The number of benzene rings is 2. The summed E-state index contributed by atoms with van der Waals surface area (Å²) in [5, 5.41) is 0. The molecule has 0 aliphatic carbocycles. The van der Waals surface area contributed by atoms with Gasteiger partial charge in [-0.3, -0.25) is 20.4 Å². The quantitative estimate of drug-likeness (QED) is 0.678. The van der Waals surface area contributed by atoms with Gasteiger partial charge in [0.1, 0.15) is 11.5 Å². The van der Waals surface area contributed by atoms with Crippen molar-refractivity contribution in [1.82, 2.24) is 10.9 Å². The predicted molar refractivity (Wildman–Crippen MR) is 108 cm³/mol. The summed E-state index contributed by atoms with van der Waals surface area (Å²) in [6, 6.07) is 13.5. The highest BCUT2D eigenvalue weighted by Gasteiger charge is 2.10. The molecular formula is C22H28N2O4. The molecule has 0 spiro atoms. The zero-order valence-corrected chi connectivity index (χ0v) is 16.8. The Balaban J connectivity index is 1.83. The lowest BCUT2D eigenvalue weighted by Crippen LogP contribution is -2.41. The largest absolute Gasteiger partial charge is 0.493 e. The van der Waals surface area contributed by atoms with Gasteiger partial charge in [0.15, 0.2) is 0 Å². The van der Waals surface area contributed by atoms with Crippen LogP contribution in [0.3, 0.4) is 0 Å². The number of carbonyl (C=O) groups excluding carboxylic acids is 2. The van der Waals surface area contributed by atoms with E-state index in [1.54, 1.807) is 48.5 Å². The highest BCUT2D eigenvalue weighted by molar-refractivity contribution is 5.99. The topological polar surface area (TPSA) is 76.7 Å². The molecule has 0 unspecified atom stereocenters. The molecule has 0 bridgehead atoms. The molecule has 0 fully saturated rings. The summed E-state index contributed by atoms with van der Waals surface area (Å²) in [5.74, 6) is 1.45. The van der Waals surface area contributed by atoms with Crippen molar-refractivity contribution in [2.24, 2.45) is 11.8 Å². The van der Waals surface area contributed by atoms with Crippen LogP contribution in [0.15, 0.2) is 48.5 Å². The van der Waals surface area contributed by atoms with Crippen molar-refractivity contribution < 1.29 is 19.1 Å². The molecule has 2 rings (SSSR count). The van der Waals surface area contributed by atoms with E-state index in [2.05, 4.69) is 38.5 Å². The summed E-state index contributed by atoms with van der Waals surface area (Å²) < 4.78 is 11.2. The Morgan fingerprint density at radius 3 is 1.29 bits per heavy atom. The Morgan fingerprint density at radius 1 is 0.679 bits per heavy atom. The van der Waals surface area contributed by atoms with Gasteiger partial charge in [0.2, 0.25) is 0 Å². The smallest absolute Gasteiger partial charge is 0.269 e. The van der Waals surface area contributed by atoms with E-state index in [4.69, 9.17) is 9.47 Å². The van der Waals surface area contributed by atoms with E-state index in [1.165, 1.54) is 0 Å². The molecule has 0 saturated carbocycles. The minimum atomic E-state index is -0.402. The van der Waals surface area contributed by atoms with Crippen molar-refractivity contribution in [1.29, 1.82) is 0 Å². The average Bonchev–Trinajstić information content (AvgIpc) is 2.69. The summed E-state index contributed by atoms with van der Waals surface area (Å²) in [5.41, 5.74) is 5.67. The van der Waals surface area contributed by atoms with Gasteiger partial charge in [-0.15, -0.1) is 0 Å². The Kier molecular flexibility index (Phi) is 7.87. The highest BCUT2D eigenvalue weighted by Crippen LogP contribution is 2.14. The molecule has 0 aliphatic heterocycles. The first-order valence-corrected chi connectivity index (χ1v) is 9.41. The summed E-state index contributed by atoms with van der Waals surface area (Å²) in [7, 11) is 0. The van der Waals surface area contributed by atoms with Gasteiger partial charge in [0.25, 0.3) is 11.8 Å². The molecule has 0 aromatic heterocycles. The number of carbonyl (C=O) groups is 2. The van der Waals surface area contributed by atoms with E-state index in [1.807, 2.05) is 0 Å². The molecule has 0 radical (unpaired) electrons. The molecule has 6 nitrogen and oxygen atoms in total. The van der Waals surface area contributed by atoms with Crippen molar-refractivity contribution in [3.63, 3.8) is 0 Å². The lowest BCUT2D eigenvalue weighted by atomic mass is 10.2. The molecule has 2 N–H and O–H groups in total. The first-order valence-electron chi connectivity index (χ1n) is 9.41. The average molecular weight is 384 g/mol. The van der Waals surface area contributed by atoms with Gasteiger partial charge in [-0.2, -0.15) is 0 Å². The van der Waals surface area contributed by atoms with Gasteiger partial charge in [-0.05, 0) is 60.4 Å². The maximum Gasteiger partial charge on any atom is 0.269 e. The van der Waals surface area contributed by atoms with Crippen LogP contribution in [0, 0.1) is 11.8 Å². The molecule has 6 heteroatoms. The third kappa shape index (κ3) is 6.95. The van der Waals surface area contributed by atoms with Gasteiger partial charge < -0.3 is 9.47 Å². The minimum absolute atomic E-state index is 0.402. The lowest BCUT2D eigenvalue weighted by molar-refractivity contribution is 0.0846. The van der Waals surface area contributed by atoms with Crippen LogP contribution >= 0.6 is 0 Å². The second kappa shape index (κ2) is 10.3. The van der Waals surface area contributed by atoms with Crippen LogP contribution in [-0.2, 0) is 0 Å². The van der Waals surface area contributed by atoms with E-state index in [9.17, 15) is 9.59 Å². The van der Waals surface area contributed by atoms with Gasteiger partial charge in [0.05, 0.1) is 13.2 Å². The summed E-state index contributed by atoms with van der Waals surface area (Å²) in [6.45, 7) is 9.49. The maximum absolute atomic E-state index is 12.2. The van der Waals surface area contributed by atoms with E-state index in [0.717, 1.165) is 0 Å². The van der Waals surface area contributed by atoms with Gasteiger partial charge in [-0.1, -0.05) is 27.7 Å². The first-order chi connectivity index (χ1) is 13.3. The normalized spacial score (nSPS) is 10.6. The number of hydrogen-bond donors (Lipinski definition) is 2. The van der Waals surface area contributed by atoms with Gasteiger partial charge in [0, 0.05) is 11.1 Å². The SMILES string of the molecule is CC(C)COc1ccc(C(=O)NNC(=O)c2ccc(OCC(C)C)cc2)cc1. The third-order valence-electron chi connectivity index (χ3n) is 3.69. The van der Waals surface area contributed by atoms with Crippen molar-refractivity contribution in [3.05, 3.63) is 59.7 Å². The first kappa shape index (κ1) is 21.3. The van der Waals surface area contributed by atoms with Crippen molar-refractivity contribution in [2.75, 3.05) is 13.2 Å². The van der Waals surface area contributed by atoms with E-state index >= 15 is 0 Å². The molecular weight excluding hydrogens is 356 g/mol. The maximum atomic E-state index is 12.2. The Morgan fingerprint density at radius 2 is 1.00 bits per heavy atom. The third-order valence-corrected chi connectivity index (χ3v) is 3.69. The molecule has 2 amide bonds. The van der Waals surface area contributed by atoms with Crippen LogP contribution in [0.5, 0.6) is 11.5 Å². The van der Waals surface area contributed by atoms with Crippen LogP contribution in [0.2, 0.25) is 0 Å². The van der Waals surface area contributed by atoms with E-state index in [-0.39, 0.29) is 0 Å². The number of amides is 2. The zero-order chi connectivity index (χ0) is 20.5. The Hall–Kier alpha value is -3.02. The van der Waals surface area contributed by atoms with Crippen molar-refractivity contribution in [2.45, 2.75) is 27.7 Å². The molecule has 28 heavy (non-hydrogen) atoms. The molecule has 2 aromatic rings. The van der Waals surface area contributed by atoms with Gasteiger partial charge in [-0.25, -0.2) is 0 Å². The fraction of sp³-hybridized carbons (Fsp3) is 0.364. The van der Waals surface area contributed by atoms with Crippen LogP contribution in [0.1, 0.15) is 48.4 Å². The number of nitrogens with one attached hydrogen (secondary N) is 2.